The second kappa shape index (κ2) is 9.54. The number of aliphatic hydroxyl groups excluding tert-OH is 1. The van der Waals surface area contributed by atoms with E-state index in [1.807, 2.05) is 0 Å². The minimum absolute atomic E-state index is 0.00243. The van der Waals surface area contributed by atoms with Crippen molar-refractivity contribution in [3.63, 3.8) is 0 Å². The van der Waals surface area contributed by atoms with Gasteiger partial charge in [-0.1, -0.05) is 24.3 Å². The summed E-state index contributed by atoms with van der Waals surface area (Å²) in [5.41, 5.74) is -0.284. The Morgan fingerprint density at radius 3 is 2.70 bits per heavy atom. The number of halogens is 4. The molecule has 1 heterocycles. The Bertz CT molecular complexity index is 909. The number of carboxylic acid groups (broad SMARTS) is 1. The van der Waals surface area contributed by atoms with E-state index in [-0.39, 0.29) is 17.2 Å². The molecule has 0 saturated heterocycles. The fourth-order valence-electron chi connectivity index (χ4n) is 3.91. The first-order chi connectivity index (χ1) is 14.1. The molecule has 0 spiro atoms. The van der Waals surface area contributed by atoms with Crippen molar-refractivity contribution in [1.82, 2.24) is 0 Å². The van der Waals surface area contributed by atoms with Crippen LogP contribution in [0.15, 0.2) is 42.5 Å². The van der Waals surface area contributed by atoms with Crippen molar-refractivity contribution in [3.8, 4) is 0 Å². The quantitative estimate of drug-likeness (QED) is 0.492. The van der Waals surface area contributed by atoms with Gasteiger partial charge in [0.1, 0.15) is 4.88 Å². The van der Waals surface area contributed by atoms with Crippen molar-refractivity contribution >= 4 is 35.0 Å². The van der Waals surface area contributed by atoms with E-state index in [0.717, 1.165) is 36.3 Å². The molecule has 2 N–H and O–H groups in total. The highest BCUT2D eigenvalue weighted by Gasteiger charge is 2.39. The molecule has 2 aromatic rings. The Morgan fingerprint density at radius 1 is 1.27 bits per heavy atom. The number of hydrogen-bond acceptors (Lipinski definition) is 3. The van der Waals surface area contributed by atoms with Crippen molar-refractivity contribution < 1.29 is 28.2 Å². The highest BCUT2D eigenvalue weighted by molar-refractivity contribution is 7.13. The predicted molar refractivity (Wildman–Crippen MR) is 112 cm³/mol. The summed E-state index contributed by atoms with van der Waals surface area (Å²) in [6, 6.07) is 8.47. The average molecular weight is 459 g/mol. The highest BCUT2D eigenvalue weighted by atomic mass is 35.5. The Kier molecular flexibility index (Phi) is 7.26. The predicted octanol–water partition coefficient (Wildman–Crippen LogP) is 6.11. The van der Waals surface area contributed by atoms with Gasteiger partial charge in [0.25, 0.3) is 0 Å². The van der Waals surface area contributed by atoms with Gasteiger partial charge in [0.05, 0.1) is 11.7 Å². The molecule has 30 heavy (non-hydrogen) atoms. The summed E-state index contributed by atoms with van der Waals surface area (Å²) in [4.78, 5) is 12.3. The average Bonchev–Trinajstić information content (AvgIpc) is 3.25. The molecule has 0 radical (unpaired) electrons. The van der Waals surface area contributed by atoms with Crippen LogP contribution in [0.3, 0.4) is 0 Å². The summed E-state index contributed by atoms with van der Waals surface area (Å²) in [5, 5.41) is 19.2. The minimum Gasteiger partial charge on any atom is -0.477 e. The van der Waals surface area contributed by atoms with E-state index in [1.54, 1.807) is 30.4 Å². The number of carboxylic acids is 1. The van der Waals surface area contributed by atoms with Gasteiger partial charge in [0, 0.05) is 16.2 Å². The molecule has 0 aliphatic heterocycles. The first-order valence-corrected chi connectivity index (χ1v) is 10.9. The lowest BCUT2D eigenvalue weighted by Gasteiger charge is -2.20. The number of benzene rings is 1. The van der Waals surface area contributed by atoms with E-state index in [2.05, 4.69) is 0 Å². The third-order valence-electron chi connectivity index (χ3n) is 5.43. The van der Waals surface area contributed by atoms with Crippen LogP contribution in [0.2, 0.25) is 0 Å². The lowest BCUT2D eigenvalue weighted by Crippen LogP contribution is -2.18. The zero-order valence-corrected chi connectivity index (χ0v) is 17.6. The fourth-order valence-corrected chi connectivity index (χ4v) is 5.28. The fraction of sp³-hybridized carbons (Fsp3) is 0.409. The summed E-state index contributed by atoms with van der Waals surface area (Å²) < 4.78 is 38.7. The molecule has 0 bridgehead atoms. The summed E-state index contributed by atoms with van der Waals surface area (Å²) in [5.74, 6) is -1.17. The molecule has 1 fully saturated rings. The Labute approximate surface area is 181 Å². The second-order valence-electron chi connectivity index (χ2n) is 7.51. The smallest absolute Gasteiger partial charge is 0.416 e. The van der Waals surface area contributed by atoms with Crippen LogP contribution in [0.4, 0.5) is 13.2 Å². The van der Waals surface area contributed by atoms with E-state index in [0.29, 0.717) is 16.9 Å². The van der Waals surface area contributed by atoms with Crippen molar-refractivity contribution in [3.05, 3.63) is 63.4 Å². The Morgan fingerprint density at radius 2 is 2.03 bits per heavy atom. The van der Waals surface area contributed by atoms with Gasteiger partial charge >= 0.3 is 12.1 Å². The topological polar surface area (TPSA) is 57.5 Å². The Hall–Kier alpha value is -1.83. The molecule has 8 heteroatoms. The normalized spacial score (nSPS) is 24.6. The van der Waals surface area contributed by atoms with E-state index >= 15 is 0 Å². The maximum absolute atomic E-state index is 12.9. The minimum atomic E-state index is -4.40. The molecular weight excluding hydrogens is 437 g/mol. The molecule has 3 nitrogen and oxygen atoms in total. The molecule has 1 aromatic heterocycles. The molecule has 3 rings (SSSR count). The number of hydrogen-bond donors (Lipinski definition) is 2. The van der Waals surface area contributed by atoms with E-state index in [1.165, 1.54) is 17.4 Å². The molecule has 1 saturated carbocycles. The third kappa shape index (κ3) is 5.65. The van der Waals surface area contributed by atoms with Crippen molar-refractivity contribution in [1.29, 1.82) is 0 Å². The van der Waals surface area contributed by atoms with Crippen LogP contribution in [0.5, 0.6) is 0 Å². The summed E-state index contributed by atoms with van der Waals surface area (Å²) in [7, 11) is 0. The van der Waals surface area contributed by atoms with E-state index < -0.39 is 23.8 Å². The summed E-state index contributed by atoms with van der Waals surface area (Å²) >= 11 is 7.69. The lowest BCUT2D eigenvalue weighted by atomic mass is 9.89. The van der Waals surface area contributed by atoms with Gasteiger partial charge in [-0.2, -0.15) is 13.2 Å². The molecule has 1 unspecified atom stereocenters. The molecule has 4 atom stereocenters. The first-order valence-electron chi connectivity index (χ1n) is 9.65. The largest absolute Gasteiger partial charge is 0.477 e. The monoisotopic (exact) mass is 458 g/mol. The van der Waals surface area contributed by atoms with Gasteiger partial charge < -0.3 is 10.2 Å². The van der Waals surface area contributed by atoms with Crippen LogP contribution in [0.25, 0.3) is 6.08 Å². The van der Waals surface area contributed by atoms with Gasteiger partial charge in [-0.05, 0) is 61.4 Å². The molecule has 1 aliphatic carbocycles. The van der Waals surface area contributed by atoms with Crippen LogP contribution < -0.4 is 0 Å². The van der Waals surface area contributed by atoms with Gasteiger partial charge in [0.15, 0.2) is 0 Å². The van der Waals surface area contributed by atoms with Crippen LogP contribution in [-0.4, -0.2) is 27.7 Å². The SMILES string of the molecule is O=C(O)c1ccc(CCCC2[C@H](Cl)C[C@@H](O)[C@@H]2/C=C/c2cccc(C(F)(F)F)c2)s1. The molecule has 1 aromatic carbocycles. The molecular formula is C22H22ClF3O3S. The lowest BCUT2D eigenvalue weighted by molar-refractivity contribution is -0.137. The highest BCUT2D eigenvalue weighted by Crippen LogP contribution is 2.40. The molecule has 1 aliphatic rings. The molecule has 162 valence electrons. The summed E-state index contributed by atoms with van der Waals surface area (Å²) in [6.45, 7) is 0. The van der Waals surface area contributed by atoms with Crippen LogP contribution in [0.1, 0.15) is 44.9 Å². The number of aryl methyl sites for hydroxylation is 1. The van der Waals surface area contributed by atoms with Gasteiger partial charge in [0.2, 0.25) is 0 Å². The number of thiophene rings is 1. The van der Waals surface area contributed by atoms with Crippen molar-refractivity contribution in [2.75, 3.05) is 0 Å². The maximum atomic E-state index is 12.9. The van der Waals surface area contributed by atoms with E-state index in [4.69, 9.17) is 16.7 Å². The van der Waals surface area contributed by atoms with Crippen molar-refractivity contribution in [2.24, 2.45) is 11.8 Å². The van der Waals surface area contributed by atoms with E-state index in [9.17, 15) is 23.1 Å². The maximum Gasteiger partial charge on any atom is 0.416 e. The van der Waals surface area contributed by atoms with Crippen LogP contribution in [0, 0.1) is 11.8 Å². The third-order valence-corrected chi connectivity index (χ3v) is 7.06. The zero-order chi connectivity index (χ0) is 21.9. The summed E-state index contributed by atoms with van der Waals surface area (Å²) in [6.07, 6.45) is 1.02. The second-order valence-corrected chi connectivity index (χ2v) is 9.23. The zero-order valence-electron chi connectivity index (χ0n) is 16.0. The van der Waals surface area contributed by atoms with Crippen LogP contribution in [-0.2, 0) is 12.6 Å². The number of carbonyl (C=O) groups is 1. The molecule has 0 amide bonds. The van der Waals surface area contributed by atoms with Gasteiger partial charge in [-0.15, -0.1) is 22.9 Å². The van der Waals surface area contributed by atoms with Gasteiger partial charge in [-0.25, -0.2) is 4.79 Å². The number of rotatable bonds is 7. The first kappa shape index (κ1) is 22.8. The van der Waals surface area contributed by atoms with Crippen molar-refractivity contribution in [2.45, 2.75) is 43.3 Å². The number of aliphatic hydroxyl groups is 1. The van der Waals surface area contributed by atoms with Crippen LogP contribution >= 0.6 is 22.9 Å². The standard InChI is InChI=1S/C22H22ClF3O3S/c23-18-12-19(27)17(9-7-13-3-1-4-14(11-13)22(24,25)26)16(18)6-2-5-15-8-10-20(30-15)21(28)29/h1,3-4,7-11,16-19,27H,2,5-6,12H2,(H,28,29)/b9-7+/t16?,17-,18-,19-/m1/s1. The van der Waals surface area contributed by atoms with Gasteiger partial charge in [-0.3, -0.25) is 0 Å². The number of alkyl halides is 4. The number of aromatic carboxylic acids is 1. The Balaban J connectivity index is 1.64.